The maximum atomic E-state index is 14.4. The van der Waals surface area contributed by atoms with Crippen molar-refractivity contribution in [2.75, 3.05) is 6.26 Å². The van der Waals surface area contributed by atoms with Gasteiger partial charge in [-0.1, -0.05) is 30.3 Å². The number of halogens is 7. The molecule has 0 radical (unpaired) electrons. The van der Waals surface area contributed by atoms with Crippen LogP contribution >= 0.6 is 0 Å². The van der Waals surface area contributed by atoms with Gasteiger partial charge in [0.25, 0.3) is 0 Å². The number of carbonyl (C=O) groups is 1. The summed E-state index contributed by atoms with van der Waals surface area (Å²) in [5, 5.41) is 2.53. The van der Waals surface area contributed by atoms with E-state index in [1.54, 1.807) is 0 Å². The van der Waals surface area contributed by atoms with E-state index in [1.807, 2.05) is 0 Å². The predicted molar refractivity (Wildman–Crippen MR) is 127 cm³/mol. The van der Waals surface area contributed by atoms with Crippen molar-refractivity contribution < 1.29 is 39.7 Å². The Morgan fingerprint density at radius 1 is 0.947 bits per heavy atom. The van der Waals surface area contributed by atoms with E-state index < -0.39 is 52.2 Å². The molecule has 13 heteroatoms. The molecule has 2 atom stereocenters. The van der Waals surface area contributed by atoms with Crippen LogP contribution in [0.15, 0.2) is 54.6 Å². The van der Waals surface area contributed by atoms with Crippen molar-refractivity contribution in [3.8, 4) is 11.3 Å². The van der Waals surface area contributed by atoms with Crippen LogP contribution in [0.1, 0.15) is 40.8 Å². The summed E-state index contributed by atoms with van der Waals surface area (Å²) in [6.45, 7) is 1.16. The number of alkyl halides is 6. The highest BCUT2D eigenvalue weighted by Crippen LogP contribution is 2.35. The van der Waals surface area contributed by atoms with Gasteiger partial charge in [-0.15, -0.1) is 0 Å². The van der Waals surface area contributed by atoms with E-state index in [4.69, 9.17) is 0 Å². The number of benzene rings is 2. The number of carbonyl (C=O) groups excluding carboxylic acids is 1. The van der Waals surface area contributed by atoms with Crippen molar-refractivity contribution in [3.63, 3.8) is 0 Å². The van der Waals surface area contributed by atoms with Crippen molar-refractivity contribution in [2.45, 2.75) is 38.3 Å². The topological polar surface area (TPSA) is 71.1 Å². The van der Waals surface area contributed by atoms with Gasteiger partial charge >= 0.3 is 12.4 Å². The van der Waals surface area contributed by atoms with Crippen molar-refractivity contribution in [1.29, 1.82) is 0 Å². The standard InChI is InChI=1S/C25H22F7N3O2S/c1-14(15-6-7-17(20(26)11-15)13-34-38(2)37)23(36)33-12-18-8-9-21(25(30,31)32)35-22(18)16-4-3-5-19(10-16)24(27,28)29/h3-11,14,34H,12-13H2,1-2H3,(H,33,36). The molecule has 0 fully saturated rings. The molecule has 3 rings (SSSR count). The highest BCUT2D eigenvalue weighted by Gasteiger charge is 2.34. The lowest BCUT2D eigenvalue weighted by Crippen LogP contribution is -2.28. The van der Waals surface area contributed by atoms with Gasteiger partial charge in [0.15, 0.2) is 0 Å². The number of amides is 1. The van der Waals surface area contributed by atoms with Gasteiger partial charge in [-0.25, -0.2) is 18.3 Å². The number of pyridine rings is 1. The molecular weight excluding hydrogens is 539 g/mol. The Bertz CT molecular complexity index is 1340. The van der Waals surface area contributed by atoms with Gasteiger partial charge in [-0.3, -0.25) is 4.79 Å². The number of rotatable bonds is 8. The molecule has 0 aliphatic rings. The van der Waals surface area contributed by atoms with E-state index in [9.17, 15) is 39.7 Å². The fourth-order valence-electron chi connectivity index (χ4n) is 3.52. The maximum absolute atomic E-state index is 14.4. The van der Waals surface area contributed by atoms with Crippen LogP contribution in [0.5, 0.6) is 0 Å². The smallest absolute Gasteiger partial charge is 0.351 e. The van der Waals surface area contributed by atoms with Gasteiger partial charge in [0.2, 0.25) is 5.91 Å². The van der Waals surface area contributed by atoms with Crippen LogP contribution in [0.4, 0.5) is 30.7 Å². The molecule has 5 nitrogen and oxygen atoms in total. The van der Waals surface area contributed by atoms with E-state index in [0.29, 0.717) is 17.7 Å². The van der Waals surface area contributed by atoms with Crippen LogP contribution < -0.4 is 10.0 Å². The summed E-state index contributed by atoms with van der Waals surface area (Å²) >= 11 is 0. The molecule has 1 aromatic heterocycles. The van der Waals surface area contributed by atoms with Crippen molar-refractivity contribution in [3.05, 3.63) is 88.4 Å². The Morgan fingerprint density at radius 3 is 2.24 bits per heavy atom. The van der Waals surface area contributed by atoms with Crippen LogP contribution in [0, 0.1) is 5.82 Å². The Morgan fingerprint density at radius 2 is 1.63 bits per heavy atom. The molecule has 0 aliphatic carbocycles. The third-order valence-electron chi connectivity index (χ3n) is 5.62. The second-order valence-electron chi connectivity index (χ2n) is 8.35. The molecule has 0 spiro atoms. The molecule has 2 aromatic carbocycles. The number of nitrogens with zero attached hydrogens (tertiary/aromatic N) is 1. The quantitative estimate of drug-likeness (QED) is 0.346. The zero-order valence-corrected chi connectivity index (χ0v) is 20.8. The van der Waals surface area contributed by atoms with E-state index in [-0.39, 0.29) is 35.5 Å². The van der Waals surface area contributed by atoms with Crippen LogP contribution in [0.3, 0.4) is 0 Å². The average molecular weight is 562 g/mol. The molecule has 2 N–H and O–H groups in total. The summed E-state index contributed by atoms with van der Waals surface area (Å²) in [7, 11) is -1.35. The molecular formula is C25H22F7N3O2S. The fourth-order valence-corrected chi connectivity index (χ4v) is 3.88. The zero-order valence-electron chi connectivity index (χ0n) is 20.0. The van der Waals surface area contributed by atoms with E-state index in [1.165, 1.54) is 31.4 Å². The lowest BCUT2D eigenvalue weighted by atomic mass is 9.98. The third kappa shape index (κ3) is 7.38. The maximum Gasteiger partial charge on any atom is 0.433 e. The van der Waals surface area contributed by atoms with Crippen LogP contribution in [-0.4, -0.2) is 21.4 Å². The average Bonchev–Trinajstić information content (AvgIpc) is 2.84. The molecule has 1 heterocycles. The van der Waals surface area contributed by atoms with Gasteiger partial charge in [0.05, 0.1) is 28.2 Å². The second-order valence-corrected chi connectivity index (χ2v) is 9.54. The number of aromatic nitrogens is 1. The molecule has 0 saturated heterocycles. The lowest BCUT2D eigenvalue weighted by Gasteiger charge is -2.17. The molecule has 1 amide bonds. The van der Waals surface area contributed by atoms with Gasteiger partial charge in [0, 0.05) is 30.5 Å². The highest BCUT2D eigenvalue weighted by atomic mass is 32.2. The van der Waals surface area contributed by atoms with Crippen molar-refractivity contribution in [2.24, 2.45) is 0 Å². The minimum atomic E-state index is -4.84. The summed E-state index contributed by atoms with van der Waals surface area (Å²) in [5.74, 6) is -2.09. The monoisotopic (exact) mass is 561 g/mol. The Balaban J connectivity index is 1.85. The minimum absolute atomic E-state index is 0.00897. The first-order chi connectivity index (χ1) is 17.7. The first kappa shape index (κ1) is 29.2. The summed E-state index contributed by atoms with van der Waals surface area (Å²) in [4.78, 5) is 16.3. The zero-order chi connectivity index (χ0) is 28.3. The molecule has 38 heavy (non-hydrogen) atoms. The Hall–Kier alpha value is -3.32. The summed E-state index contributed by atoms with van der Waals surface area (Å²) in [5.41, 5.74) is -2.34. The number of nitrogens with one attached hydrogen (secondary N) is 2. The Kier molecular flexibility index (Phi) is 8.93. The van der Waals surface area contributed by atoms with E-state index in [2.05, 4.69) is 15.0 Å². The van der Waals surface area contributed by atoms with Crippen molar-refractivity contribution in [1.82, 2.24) is 15.0 Å². The summed E-state index contributed by atoms with van der Waals surface area (Å²) in [6, 6.07) is 9.51. The number of hydrogen-bond donors (Lipinski definition) is 2. The van der Waals surface area contributed by atoms with Gasteiger partial charge in [-0.2, -0.15) is 26.3 Å². The van der Waals surface area contributed by atoms with Gasteiger partial charge in [-0.05, 0) is 42.3 Å². The molecule has 204 valence electrons. The molecule has 0 saturated carbocycles. The minimum Gasteiger partial charge on any atom is -0.351 e. The number of hydrogen-bond acceptors (Lipinski definition) is 3. The van der Waals surface area contributed by atoms with Gasteiger partial charge < -0.3 is 5.32 Å². The normalized spacial score (nSPS) is 13.7. The molecule has 3 aromatic rings. The predicted octanol–water partition coefficient (Wildman–Crippen LogP) is 5.73. The van der Waals surface area contributed by atoms with Crippen molar-refractivity contribution >= 4 is 16.9 Å². The van der Waals surface area contributed by atoms with Gasteiger partial charge in [0.1, 0.15) is 11.5 Å². The SMILES string of the molecule is CC(C(=O)NCc1ccc(C(F)(F)F)nc1-c1cccc(C(F)(F)F)c1)c1ccc(CNS(C)=O)c(F)c1. The van der Waals surface area contributed by atoms with E-state index >= 15 is 0 Å². The van der Waals surface area contributed by atoms with Crippen LogP contribution in [-0.2, 0) is 41.2 Å². The largest absolute Gasteiger partial charge is 0.433 e. The lowest BCUT2D eigenvalue weighted by molar-refractivity contribution is -0.141. The van der Waals surface area contributed by atoms with E-state index in [0.717, 1.165) is 24.3 Å². The first-order valence-electron chi connectivity index (χ1n) is 11.0. The molecule has 0 bridgehead atoms. The second kappa shape index (κ2) is 11.6. The highest BCUT2D eigenvalue weighted by molar-refractivity contribution is 7.82. The third-order valence-corrected chi connectivity index (χ3v) is 6.17. The molecule has 0 aliphatic heterocycles. The molecule has 2 unspecified atom stereocenters. The van der Waals surface area contributed by atoms with Crippen LogP contribution in [0.25, 0.3) is 11.3 Å². The summed E-state index contributed by atoms with van der Waals surface area (Å²) < 4.78 is 108. The fraction of sp³-hybridized carbons (Fsp3) is 0.280. The summed E-state index contributed by atoms with van der Waals surface area (Å²) in [6.07, 6.45) is -8.18. The van der Waals surface area contributed by atoms with Crippen LogP contribution in [0.2, 0.25) is 0 Å². The first-order valence-corrected chi connectivity index (χ1v) is 12.6. The Labute approximate surface area is 216 Å².